The first-order chi connectivity index (χ1) is 17.0. The largest absolute Gasteiger partial charge is 0.378 e. The van der Waals surface area contributed by atoms with Crippen LogP contribution in [-0.2, 0) is 9.59 Å². The summed E-state index contributed by atoms with van der Waals surface area (Å²) in [7, 11) is 4.04. The molecule has 35 heavy (non-hydrogen) atoms. The number of hydrogen-bond acceptors (Lipinski definition) is 4. The van der Waals surface area contributed by atoms with Gasteiger partial charge in [-0.3, -0.25) is 9.59 Å². The number of benzene rings is 3. The number of nitrogens with one attached hydrogen (secondary N) is 3. The zero-order chi connectivity index (χ0) is 24.4. The predicted molar refractivity (Wildman–Crippen MR) is 143 cm³/mol. The Morgan fingerprint density at radius 1 is 1.03 bits per heavy atom. The molecule has 5 rings (SSSR count). The van der Waals surface area contributed by atoms with Crippen LogP contribution in [-0.4, -0.2) is 42.7 Å². The maximum Gasteiger partial charge on any atom is 0.238 e. The lowest BCUT2D eigenvalue weighted by Gasteiger charge is -2.24. The third-order valence-corrected chi connectivity index (χ3v) is 7.66. The number of anilines is 2. The third kappa shape index (κ3) is 4.91. The summed E-state index contributed by atoms with van der Waals surface area (Å²) in [6, 6.07) is 24.3. The van der Waals surface area contributed by atoms with Gasteiger partial charge in [0.15, 0.2) is 0 Å². The number of thioether (sulfide) groups is 1. The highest BCUT2D eigenvalue weighted by atomic mass is 32.2. The molecule has 2 atom stereocenters. The molecule has 1 aliphatic heterocycles. The van der Waals surface area contributed by atoms with Crippen LogP contribution in [0.3, 0.4) is 0 Å². The summed E-state index contributed by atoms with van der Waals surface area (Å²) in [5.41, 5.74) is 5.25. The van der Waals surface area contributed by atoms with Crippen molar-refractivity contribution in [2.24, 2.45) is 0 Å². The molecule has 0 aliphatic carbocycles. The van der Waals surface area contributed by atoms with E-state index in [0.29, 0.717) is 6.54 Å². The summed E-state index contributed by atoms with van der Waals surface area (Å²) in [4.78, 5) is 31.9. The first-order valence-corrected chi connectivity index (χ1v) is 12.5. The molecular formula is C28H28N4O2S. The molecule has 2 amide bonds. The minimum absolute atomic E-state index is 0.0279. The third-order valence-electron chi connectivity index (χ3n) is 6.39. The number of aromatic nitrogens is 1. The molecule has 0 fully saturated rings. The van der Waals surface area contributed by atoms with E-state index in [0.717, 1.165) is 38.3 Å². The molecule has 1 aromatic heterocycles. The van der Waals surface area contributed by atoms with Gasteiger partial charge in [0.1, 0.15) is 0 Å². The quantitative estimate of drug-likeness (QED) is 0.346. The smallest absolute Gasteiger partial charge is 0.238 e. The molecule has 4 aromatic rings. The van der Waals surface area contributed by atoms with Crippen molar-refractivity contribution in [2.75, 3.05) is 30.9 Å². The molecule has 6 nitrogen and oxygen atoms in total. The predicted octanol–water partition coefficient (Wildman–Crippen LogP) is 4.99. The number of para-hydroxylation sites is 2. The zero-order valence-electron chi connectivity index (χ0n) is 19.7. The van der Waals surface area contributed by atoms with Crippen molar-refractivity contribution in [1.29, 1.82) is 0 Å². The normalized spacial score (nSPS) is 15.8. The molecule has 0 saturated carbocycles. The van der Waals surface area contributed by atoms with Gasteiger partial charge in [0.2, 0.25) is 11.8 Å². The van der Waals surface area contributed by atoms with Crippen molar-refractivity contribution in [1.82, 2.24) is 10.3 Å². The lowest BCUT2D eigenvalue weighted by Crippen LogP contribution is -2.36. The average Bonchev–Trinajstić information content (AvgIpc) is 3.29. The van der Waals surface area contributed by atoms with Gasteiger partial charge in [-0.05, 0) is 41.5 Å². The van der Waals surface area contributed by atoms with Gasteiger partial charge < -0.3 is 20.5 Å². The van der Waals surface area contributed by atoms with Gasteiger partial charge in [-0.1, -0.05) is 42.5 Å². The van der Waals surface area contributed by atoms with Crippen LogP contribution in [0.5, 0.6) is 0 Å². The fourth-order valence-electron chi connectivity index (χ4n) is 4.48. The molecule has 0 spiro atoms. The summed E-state index contributed by atoms with van der Waals surface area (Å²) in [5, 5.41) is 6.71. The topological polar surface area (TPSA) is 77.2 Å². The number of nitrogens with zero attached hydrogens (tertiary/aromatic N) is 1. The van der Waals surface area contributed by atoms with E-state index in [1.807, 2.05) is 56.7 Å². The fourth-order valence-corrected chi connectivity index (χ4v) is 5.59. The number of hydrogen-bond donors (Lipinski definition) is 3. The second-order valence-electron chi connectivity index (χ2n) is 8.93. The summed E-state index contributed by atoms with van der Waals surface area (Å²) in [6.45, 7) is 0.442. The first-order valence-electron chi connectivity index (χ1n) is 11.7. The van der Waals surface area contributed by atoms with Crippen LogP contribution < -0.4 is 15.5 Å². The Labute approximate surface area is 209 Å². The van der Waals surface area contributed by atoms with Crippen LogP contribution in [0.25, 0.3) is 10.9 Å². The number of carbonyl (C=O) groups is 2. The maximum atomic E-state index is 13.0. The molecule has 0 bridgehead atoms. The number of rotatable bonds is 7. The highest BCUT2D eigenvalue weighted by molar-refractivity contribution is 8.01. The second kappa shape index (κ2) is 9.88. The summed E-state index contributed by atoms with van der Waals surface area (Å²) < 4.78 is 0. The number of amides is 2. The Morgan fingerprint density at radius 3 is 2.57 bits per heavy atom. The first kappa shape index (κ1) is 23.1. The van der Waals surface area contributed by atoms with Crippen LogP contribution in [0.4, 0.5) is 11.4 Å². The number of carbonyl (C=O) groups excluding carboxylic acids is 2. The number of fused-ring (bicyclic) bond motifs is 2. The van der Waals surface area contributed by atoms with Crippen molar-refractivity contribution in [3.8, 4) is 0 Å². The van der Waals surface area contributed by atoms with Gasteiger partial charge >= 0.3 is 0 Å². The Kier molecular flexibility index (Phi) is 6.51. The summed E-state index contributed by atoms with van der Waals surface area (Å²) in [6.07, 6.45) is 2.16. The molecule has 0 unspecified atom stereocenters. The van der Waals surface area contributed by atoms with Crippen molar-refractivity contribution < 1.29 is 9.59 Å². The van der Waals surface area contributed by atoms with Gasteiger partial charge in [-0.2, -0.15) is 0 Å². The van der Waals surface area contributed by atoms with E-state index < -0.39 is 5.25 Å². The van der Waals surface area contributed by atoms with Gasteiger partial charge in [-0.15, -0.1) is 11.8 Å². The van der Waals surface area contributed by atoms with E-state index in [9.17, 15) is 9.59 Å². The van der Waals surface area contributed by atoms with Crippen molar-refractivity contribution >= 4 is 45.9 Å². The van der Waals surface area contributed by atoms with Gasteiger partial charge in [0.05, 0.1) is 10.9 Å². The Bertz CT molecular complexity index is 1360. The molecule has 178 valence electrons. The van der Waals surface area contributed by atoms with E-state index in [1.54, 1.807) is 0 Å². The summed E-state index contributed by atoms with van der Waals surface area (Å²) in [5.74, 6) is -0.289. The molecule has 2 heterocycles. The fraction of sp³-hybridized carbons (Fsp3) is 0.214. The Hall–Kier alpha value is -3.71. The monoisotopic (exact) mass is 484 g/mol. The van der Waals surface area contributed by atoms with Crippen LogP contribution in [0, 0.1) is 0 Å². The molecule has 3 aromatic carbocycles. The van der Waals surface area contributed by atoms with Crippen molar-refractivity contribution in [3.63, 3.8) is 0 Å². The van der Waals surface area contributed by atoms with E-state index in [-0.39, 0.29) is 24.2 Å². The zero-order valence-corrected chi connectivity index (χ0v) is 20.6. The molecule has 7 heteroatoms. The minimum Gasteiger partial charge on any atom is -0.378 e. The van der Waals surface area contributed by atoms with Crippen LogP contribution in [0.15, 0.2) is 83.9 Å². The SMILES string of the molecule is CN(C)c1ccc([C@@H](CNC(=O)C[C@H]2Sc3ccccc3NC2=O)c2c[nH]c3ccccc23)cc1. The second-order valence-corrected chi connectivity index (χ2v) is 10.2. The molecule has 0 saturated heterocycles. The standard InChI is InChI=1S/C28H28N4O2S/c1-32(2)19-13-11-18(12-14-19)21(22-17-29-23-8-4-3-7-20(22)23)16-30-27(33)15-26-28(34)31-24-9-5-6-10-25(24)35-26/h3-14,17,21,26,29H,15-16H2,1-2H3,(H,30,33)(H,31,34)/t21-,26-/m1/s1. The van der Waals surface area contributed by atoms with Crippen molar-refractivity contribution in [3.05, 3.63) is 90.1 Å². The van der Waals surface area contributed by atoms with Gasteiger partial charge in [0, 0.05) is 60.7 Å². The molecule has 3 N–H and O–H groups in total. The lowest BCUT2D eigenvalue weighted by molar-refractivity contribution is -0.124. The van der Waals surface area contributed by atoms with Crippen LogP contribution in [0.2, 0.25) is 0 Å². The molecule has 1 aliphatic rings. The molecule has 0 radical (unpaired) electrons. The minimum atomic E-state index is -0.448. The highest BCUT2D eigenvalue weighted by Gasteiger charge is 2.29. The van der Waals surface area contributed by atoms with Gasteiger partial charge in [0.25, 0.3) is 0 Å². The highest BCUT2D eigenvalue weighted by Crippen LogP contribution is 2.37. The van der Waals surface area contributed by atoms with Crippen LogP contribution >= 0.6 is 11.8 Å². The van der Waals surface area contributed by atoms with Gasteiger partial charge in [-0.25, -0.2) is 0 Å². The van der Waals surface area contributed by atoms with E-state index in [2.05, 4.69) is 56.9 Å². The Morgan fingerprint density at radius 2 is 1.77 bits per heavy atom. The van der Waals surface area contributed by atoms with E-state index >= 15 is 0 Å². The number of aromatic amines is 1. The van der Waals surface area contributed by atoms with E-state index in [4.69, 9.17) is 0 Å². The van der Waals surface area contributed by atoms with Crippen molar-refractivity contribution in [2.45, 2.75) is 22.5 Å². The van der Waals surface area contributed by atoms with E-state index in [1.165, 1.54) is 11.8 Å². The lowest BCUT2D eigenvalue weighted by atomic mass is 9.90. The molecular weight excluding hydrogens is 456 g/mol. The summed E-state index contributed by atoms with van der Waals surface area (Å²) >= 11 is 1.45. The number of H-pyrrole nitrogens is 1. The van der Waals surface area contributed by atoms with Crippen LogP contribution in [0.1, 0.15) is 23.5 Å². The Balaban J connectivity index is 1.34. The maximum absolute atomic E-state index is 13.0. The average molecular weight is 485 g/mol.